The van der Waals surface area contributed by atoms with E-state index in [0.717, 1.165) is 5.56 Å². The summed E-state index contributed by atoms with van der Waals surface area (Å²) in [5, 5.41) is 2.51. The van der Waals surface area contributed by atoms with Crippen LogP contribution >= 0.6 is 34.8 Å². The maximum Gasteiger partial charge on any atom is 0.408 e. The van der Waals surface area contributed by atoms with E-state index in [1.807, 2.05) is 30.3 Å². The number of esters is 2. The summed E-state index contributed by atoms with van der Waals surface area (Å²) in [5.74, 6) is -2.05. The number of halogens is 3. The molecule has 30 heavy (non-hydrogen) atoms. The van der Waals surface area contributed by atoms with E-state index in [4.69, 9.17) is 49.0 Å². The lowest BCUT2D eigenvalue weighted by molar-refractivity contribution is -0.158. The van der Waals surface area contributed by atoms with Crippen molar-refractivity contribution in [1.82, 2.24) is 5.32 Å². The average Bonchev–Trinajstić information content (AvgIpc) is 2.69. The van der Waals surface area contributed by atoms with Gasteiger partial charge in [0.1, 0.15) is 18.8 Å². The maximum absolute atomic E-state index is 12.6. The molecule has 7 nitrogen and oxygen atoms in total. The number of ether oxygens (including phenoxy) is 3. The van der Waals surface area contributed by atoms with Crippen LogP contribution in [0.4, 0.5) is 4.79 Å². The quantitative estimate of drug-likeness (QED) is 0.282. The smallest absolute Gasteiger partial charge is 0.408 e. The molecule has 0 bridgehead atoms. The molecule has 0 aliphatic rings. The van der Waals surface area contributed by atoms with Crippen molar-refractivity contribution < 1.29 is 28.6 Å². The largest absolute Gasteiger partial charge is 0.460 e. The summed E-state index contributed by atoms with van der Waals surface area (Å²) in [5.41, 5.74) is 0.812. The summed E-state index contributed by atoms with van der Waals surface area (Å²) in [6, 6.07) is 8.17. The predicted molar refractivity (Wildman–Crippen MR) is 114 cm³/mol. The van der Waals surface area contributed by atoms with E-state index in [9.17, 15) is 14.4 Å². The molecule has 1 amide bonds. The molecular weight excluding hydrogens is 457 g/mol. The lowest BCUT2D eigenvalue weighted by Gasteiger charge is -2.24. The summed E-state index contributed by atoms with van der Waals surface area (Å²) in [6.45, 7) is 5.28. The van der Waals surface area contributed by atoms with E-state index in [-0.39, 0.29) is 24.8 Å². The van der Waals surface area contributed by atoms with E-state index < -0.39 is 34.7 Å². The zero-order valence-electron chi connectivity index (χ0n) is 17.0. The van der Waals surface area contributed by atoms with Crippen molar-refractivity contribution in [2.24, 2.45) is 5.92 Å². The van der Waals surface area contributed by atoms with Crippen molar-refractivity contribution in [3.8, 4) is 0 Å². The fraction of sp³-hybridized carbons (Fsp3) is 0.550. The second-order valence-corrected chi connectivity index (χ2v) is 8.53. The number of alkyl carbamates (subject to hydrolysis) is 1. The minimum atomic E-state index is -1.86. The van der Waals surface area contributed by atoms with Crippen LogP contribution in [0.5, 0.6) is 0 Å². The van der Waals surface area contributed by atoms with Crippen LogP contribution in [-0.4, -0.2) is 40.6 Å². The topological polar surface area (TPSA) is 90.9 Å². The number of carbonyl (C=O) groups is 3. The molecule has 0 spiro atoms. The number of nitrogens with one attached hydrogen (secondary N) is 1. The highest BCUT2D eigenvalue weighted by Gasteiger charge is 2.32. The van der Waals surface area contributed by atoms with Gasteiger partial charge in [-0.3, -0.25) is 4.79 Å². The van der Waals surface area contributed by atoms with Gasteiger partial charge in [0.15, 0.2) is 0 Å². The Morgan fingerprint density at radius 2 is 1.77 bits per heavy atom. The minimum Gasteiger partial charge on any atom is -0.460 e. The van der Waals surface area contributed by atoms with Gasteiger partial charge in [-0.15, -0.1) is 11.6 Å². The van der Waals surface area contributed by atoms with Gasteiger partial charge in [0.05, 0.1) is 12.3 Å². The Labute approximate surface area is 191 Å². The summed E-state index contributed by atoms with van der Waals surface area (Å²) < 4.78 is 13.5. The molecule has 10 heteroatoms. The first kappa shape index (κ1) is 26.3. The molecule has 168 valence electrons. The van der Waals surface area contributed by atoms with Crippen molar-refractivity contribution in [2.75, 3.05) is 5.88 Å². The van der Waals surface area contributed by atoms with E-state index in [1.165, 1.54) is 0 Å². The zero-order chi connectivity index (χ0) is 22.7. The summed E-state index contributed by atoms with van der Waals surface area (Å²) in [4.78, 5) is 36.6. The highest BCUT2D eigenvalue weighted by molar-refractivity contribution is 6.50. The van der Waals surface area contributed by atoms with Gasteiger partial charge in [-0.2, -0.15) is 0 Å². The van der Waals surface area contributed by atoms with Gasteiger partial charge in [-0.1, -0.05) is 74.3 Å². The van der Waals surface area contributed by atoms with Crippen LogP contribution < -0.4 is 5.32 Å². The molecule has 1 rings (SSSR count). The maximum atomic E-state index is 12.6. The molecular formula is C20H26Cl3NO6. The Morgan fingerprint density at radius 3 is 2.30 bits per heavy atom. The molecule has 0 saturated heterocycles. The van der Waals surface area contributed by atoms with Gasteiger partial charge in [-0.25, -0.2) is 9.59 Å². The van der Waals surface area contributed by atoms with Gasteiger partial charge in [-0.05, 0) is 17.9 Å². The molecule has 0 radical (unpaired) electrons. The van der Waals surface area contributed by atoms with Gasteiger partial charge in [0, 0.05) is 0 Å². The molecule has 1 aromatic carbocycles. The average molecular weight is 483 g/mol. The second kappa shape index (κ2) is 12.9. The predicted octanol–water partition coefficient (Wildman–Crippen LogP) is 4.56. The summed E-state index contributed by atoms with van der Waals surface area (Å²) in [7, 11) is 0. The van der Waals surface area contributed by atoms with Crippen LogP contribution in [0.25, 0.3) is 0 Å². The highest BCUT2D eigenvalue weighted by atomic mass is 35.5. The van der Waals surface area contributed by atoms with Crippen LogP contribution in [0, 0.1) is 5.92 Å². The van der Waals surface area contributed by atoms with Gasteiger partial charge in [0.25, 0.3) is 4.52 Å². The first-order valence-electron chi connectivity index (χ1n) is 9.41. The summed E-state index contributed by atoms with van der Waals surface area (Å²) >= 11 is 16.9. The Hall–Kier alpha value is -1.70. The van der Waals surface area contributed by atoms with Gasteiger partial charge < -0.3 is 19.5 Å². The van der Waals surface area contributed by atoms with Crippen LogP contribution in [0.2, 0.25) is 0 Å². The van der Waals surface area contributed by atoms with E-state index in [0.29, 0.717) is 6.42 Å². The molecule has 0 heterocycles. The molecule has 0 aliphatic heterocycles. The number of alkyl halides is 3. The number of carbonyl (C=O) groups excluding carboxylic acids is 3. The van der Waals surface area contributed by atoms with Crippen molar-refractivity contribution in [2.45, 2.75) is 56.9 Å². The molecule has 0 aliphatic carbocycles. The number of hydrogen-bond donors (Lipinski definition) is 1. The monoisotopic (exact) mass is 481 g/mol. The molecule has 0 aromatic heterocycles. The van der Waals surface area contributed by atoms with E-state index in [2.05, 4.69) is 5.32 Å². The summed E-state index contributed by atoms with van der Waals surface area (Å²) in [6.07, 6.45) is -1.46. The van der Waals surface area contributed by atoms with Crippen LogP contribution in [-0.2, 0) is 30.4 Å². The number of amides is 1. The lowest BCUT2D eigenvalue weighted by atomic mass is 10.0. The Morgan fingerprint density at radius 1 is 1.13 bits per heavy atom. The van der Waals surface area contributed by atoms with E-state index >= 15 is 0 Å². The minimum absolute atomic E-state index is 0.0646. The SMILES string of the molecule is CC[C@@H](CC(=O)OC(Cl)(Cl)CCl)OC(=O)[C@@H](NC(=O)OCc1ccccc1)C(C)C. The van der Waals surface area contributed by atoms with Crippen LogP contribution in [0.1, 0.15) is 39.2 Å². The molecule has 2 atom stereocenters. The Balaban J connectivity index is 2.61. The standard InChI is InChI=1S/C20H26Cl3NO6/c1-4-15(10-16(25)30-20(22,23)12-21)29-18(26)17(13(2)3)24-19(27)28-11-14-8-6-5-7-9-14/h5-9,13,15,17H,4,10-12H2,1-3H3,(H,24,27)/t15-,17-/m0/s1. The molecule has 1 N–H and O–H groups in total. The van der Waals surface area contributed by atoms with Crippen LogP contribution in [0.3, 0.4) is 0 Å². The Bertz CT molecular complexity index is 699. The Kier molecular flexibility index (Phi) is 11.3. The van der Waals surface area contributed by atoms with Crippen molar-refractivity contribution >= 4 is 52.8 Å². The molecule has 1 aromatic rings. The fourth-order valence-corrected chi connectivity index (χ4v) is 2.54. The van der Waals surface area contributed by atoms with Crippen LogP contribution in [0.15, 0.2) is 30.3 Å². The first-order valence-corrected chi connectivity index (χ1v) is 10.7. The van der Waals surface area contributed by atoms with Crippen molar-refractivity contribution in [3.63, 3.8) is 0 Å². The third-order valence-corrected chi connectivity index (χ3v) is 5.03. The zero-order valence-corrected chi connectivity index (χ0v) is 19.3. The first-order chi connectivity index (χ1) is 14.1. The fourth-order valence-electron chi connectivity index (χ4n) is 2.32. The number of hydrogen-bond acceptors (Lipinski definition) is 6. The number of benzene rings is 1. The molecule has 0 saturated carbocycles. The lowest BCUT2D eigenvalue weighted by Crippen LogP contribution is -2.46. The van der Waals surface area contributed by atoms with Gasteiger partial charge in [0.2, 0.25) is 0 Å². The third-order valence-electron chi connectivity index (χ3n) is 3.96. The third kappa shape index (κ3) is 9.87. The molecule has 0 unspecified atom stereocenters. The highest BCUT2D eigenvalue weighted by Crippen LogP contribution is 2.25. The van der Waals surface area contributed by atoms with Gasteiger partial charge >= 0.3 is 18.0 Å². The second-order valence-electron chi connectivity index (χ2n) is 6.84. The van der Waals surface area contributed by atoms with Crippen molar-refractivity contribution in [1.29, 1.82) is 0 Å². The normalized spacial score (nSPS) is 13.3. The van der Waals surface area contributed by atoms with Crippen molar-refractivity contribution in [3.05, 3.63) is 35.9 Å². The molecule has 0 fully saturated rings. The van der Waals surface area contributed by atoms with E-state index in [1.54, 1.807) is 20.8 Å². The number of rotatable bonds is 11.